The van der Waals surface area contributed by atoms with E-state index in [9.17, 15) is 10.2 Å². The van der Waals surface area contributed by atoms with Crippen molar-refractivity contribution < 1.29 is 24.8 Å². The third-order valence-electron chi connectivity index (χ3n) is 4.07. The van der Waals surface area contributed by atoms with Crippen LogP contribution in [0.25, 0.3) is 0 Å². The van der Waals surface area contributed by atoms with E-state index in [1.165, 1.54) is 32.1 Å². The Morgan fingerprint density at radius 2 is 1.86 bits per heavy atom. The van der Waals surface area contributed by atoms with Gasteiger partial charge in [0.05, 0.1) is 13.2 Å². The second kappa shape index (κ2) is 12.0. The Morgan fingerprint density at radius 3 is 2.55 bits per heavy atom. The molecule has 0 bridgehead atoms. The van der Waals surface area contributed by atoms with E-state index in [1.54, 1.807) is 0 Å². The number of hydrogen-bond acceptors (Lipinski definition) is 5. The van der Waals surface area contributed by atoms with Crippen molar-refractivity contribution >= 4 is 0 Å². The zero-order chi connectivity index (χ0) is 16.2. The second-order valence-corrected chi connectivity index (χ2v) is 5.93. The standard InChI is InChI=1S/C17H32O5/c1-2-3-4-5-6-7-8-9-10-11-21-15-13-22-17(16(15)20)14(19)12-18/h2-3,14-20H,4-13H2,1H3/b3-2+/t14-,15+,16+,17+/m1/s1. The minimum atomic E-state index is -1.05. The van der Waals surface area contributed by atoms with Crippen molar-refractivity contribution in [3.8, 4) is 0 Å². The van der Waals surface area contributed by atoms with Gasteiger partial charge in [-0.3, -0.25) is 0 Å². The van der Waals surface area contributed by atoms with Gasteiger partial charge in [0.2, 0.25) is 0 Å². The van der Waals surface area contributed by atoms with Gasteiger partial charge in [0, 0.05) is 6.61 Å². The van der Waals surface area contributed by atoms with Gasteiger partial charge in [0.15, 0.2) is 0 Å². The minimum absolute atomic E-state index is 0.272. The summed E-state index contributed by atoms with van der Waals surface area (Å²) in [6.45, 7) is 2.51. The lowest BCUT2D eigenvalue weighted by atomic mass is 10.1. The maximum absolute atomic E-state index is 9.97. The molecule has 5 heteroatoms. The van der Waals surface area contributed by atoms with Gasteiger partial charge in [0.1, 0.15) is 24.4 Å². The first-order valence-corrected chi connectivity index (χ1v) is 8.52. The summed E-state index contributed by atoms with van der Waals surface area (Å²) >= 11 is 0. The summed E-state index contributed by atoms with van der Waals surface area (Å²) in [6, 6.07) is 0. The van der Waals surface area contributed by atoms with Gasteiger partial charge in [-0.2, -0.15) is 0 Å². The van der Waals surface area contributed by atoms with E-state index in [1.807, 2.05) is 0 Å². The maximum Gasteiger partial charge on any atom is 0.114 e. The molecule has 0 unspecified atom stereocenters. The van der Waals surface area contributed by atoms with Crippen LogP contribution in [-0.4, -0.2) is 59.6 Å². The molecule has 5 nitrogen and oxygen atoms in total. The van der Waals surface area contributed by atoms with Crippen LogP contribution in [0.5, 0.6) is 0 Å². The molecule has 0 amide bonds. The lowest BCUT2D eigenvalue weighted by Crippen LogP contribution is -2.41. The Hall–Kier alpha value is -0.460. The van der Waals surface area contributed by atoms with Crippen LogP contribution < -0.4 is 0 Å². The highest BCUT2D eigenvalue weighted by molar-refractivity contribution is 4.88. The molecule has 0 saturated carbocycles. The molecule has 0 aliphatic carbocycles. The molecule has 1 rings (SSSR count). The van der Waals surface area contributed by atoms with Crippen LogP contribution in [-0.2, 0) is 9.47 Å². The SMILES string of the molecule is C/C=C/CCCCCCCCO[C@H]1CO[C@@H]([C@H](O)CO)[C@H]1O. The van der Waals surface area contributed by atoms with E-state index in [0.717, 1.165) is 12.8 Å². The number of aliphatic hydroxyl groups excluding tert-OH is 3. The summed E-state index contributed by atoms with van der Waals surface area (Å²) < 4.78 is 10.9. The van der Waals surface area contributed by atoms with Crippen molar-refractivity contribution in [2.45, 2.75) is 76.3 Å². The zero-order valence-electron chi connectivity index (χ0n) is 13.7. The van der Waals surface area contributed by atoms with Crippen molar-refractivity contribution in [1.82, 2.24) is 0 Å². The molecule has 0 radical (unpaired) electrons. The van der Waals surface area contributed by atoms with Gasteiger partial charge in [-0.25, -0.2) is 0 Å². The fourth-order valence-electron chi connectivity index (χ4n) is 2.68. The predicted molar refractivity (Wildman–Crippen MR) is 85.7 cm³/mol. The topological polar surface area (TPSA) is 79.2 Å². The lowest BCUT2D eigenvalue weighted by molar-refractivity contribution is -0.0730. The van der Waals surface area contributed by atoms with Crippen LogP contribution in [0.15, 0.2) is 12.2 Å². The van der Waals surface area contributed by atoms with Gasteiger partial charge in [-0.05, 0) is 26.2 Å². The third kappa shape index (κ3) is 7.20. The molecule has 1 aliphatic rings. The molecule has 0 spiro atoms. The predicted octanol–water partition coefficient (Wildman–Crippen LogP) is 1.79. The monoisotopic (exact) mass is 316 g/mol. The average molecular weight is 316 g/mol. The molecule has 0 aromatic heterocycles. The van der Waals surface area contributed by atoms with Crippen LogP contribution in [0, 0.1) is 0 Å². The molecule has 22 heavy (non-hydrogen) atoms. The summed E-state index contributed by atoms with van der Waals surface area (Å²) in [6.07, 6.45) is 9.57. The zero-order valence-corrected chi connectivity index (χ0v) is 13.7. The molecule has 130 valence electrons. The fourth-order valence-corrected chi connectivity index (χ4v) is 2.68. The van der Waals surface area contributed by atoms with Gasteiger partial charge in [-0.15, -0.1) is 0 Å². The largest absolute Gasteiger partial charge is 0.394 e. The molecule has 4 atom stereocenters. The summed E-state index contributed by atoms with van der Waals surface area (Å²) in [5.41, 5.74) is 0. The maximum atomic E-state index is 9.97. The van der Waals surface area contributed by atoms with Crippen molar-refractivity contribution in [2.24, 2.45) is 0 Å². The first-order valence-electron chi connectivity index (χ1n) is 8.52. The van der Waals surface area contributed by atoms with Gasteiger partial charge in [-0.1, -0.05) is 37.8 Å². The lowest BCUT2D eigenvalue weighted by Gasteiger charge is -2.20. The van der Waals surface area contributed by atoms with Crippen molar-refractivity contribution in [3.63, 3.8) is 0 Å². The number of ether oxygens (including phenoxy) is 2. The second-order valence-electron chi connectivity index (χ2n) is 5.93. The van der Waals surface area contributed by atoms with Crippen LogP contribution in [0.1, 0.15) is 51.9 Å². The highest BCUT2D eigenvalue weighted by Crippen LogP contribution is 2.20. The average Bonchev–Trinajstić information content (AvgIpc) is 2.89. The highest BCUT2D eigenvalue weighted by Gasteiger charge is 2.40. The van der Waals surface area contributed by atoms with Crippen LogP contribution in [0.3, 0.4) is 0 Å². The molecule has 0 aromatic carbocycles. The van der Waals surface area contributed by atoms with E-state index in [4.69, 9.17) is 14.6 Å². The Kier molecular flexibility index (Phi) is 10.7. The summed E-state index contributed by atoms with van der Waals surface area (Å²) in [7, 11) is 0. The van der Waals surface area contributed by atoms with E-state index in [0.29, 0.717) is 6.61 Å². The molecular formula is C17H32O5. The first kappa shape index (κ1) is 19.6. The molecular weight excluding hydrogens is 284 g/mol. The molecule has 1 fully saturated rings. The molecule has 0 aromatic rings. The normalized spacial score (nSPS) is 26.8. The summed E-state index contributed by atoms with van der Waals surface area (Å²) in [5.74, 6) is 0. The number of aliphatic hydroxyl groups is 3. The minimum Gasteiger partial charge on any atom is -0.394 e. The Morgan fingerprint density at radius 1 is 1.18 bits per heavy atom. The van der Waals surface area contributed by atoms with Crippen LogP contribution in [0.2, 0.25) is 0 Å². The van der Waals surface area contributed by atoms with E-state index in [2.05, 4.69) is 19.1 Å². The van der Waals surface area contributed by atoms with Crippen molar-refractivity contribution in [3.05, 3.63) is 12.2 Å². The Bertz CT molecular complexity index is 295. The third-order valence-corrected chi connectivity index (χ3v) is 4.07. The number of rotatable bonds is 12. The Labute approximate surface area is 133 Å². The first-order chi connectivity index (χ1) is 10.7. The number of hydrogen-bond donors (Lipinski definition) is 3. The van der Waals surface area contributed by atoms with Crippen LogP contribution in [0.4, 0.5) is 0 Å². The number of allylic oxidation sites excluding steroid dienone is 2. The molecule has 3 N–H and O–H groups in total. The quantitative estimate of drug-likeness (QED) is 0.378. The molecule has 1 heterocycles. The van der Waals surface area contributed by atoms with Gasteiger partial charge in [0.25, 0.3) is 0 Å². The smallest absolute Gasteiger partial charge is 0.114 e. The van der Waals surface area contributed by atoms with Gasteiger partial charge < -0.3 is 24.8 Å². The van der Waals surface area contributed by atoms with E-state index in [-0.39, 0.29) is 6.61 Å². The van der Waals surface area contributed by atoms with Crippen molar-refractivity contribution in [1.29, 1.82) is 0 Å². The van der Waals surface area contributed by atoms with E-state index < -0.39 is 31.0 Å². The summed E-state index contributed by atoms with van der Waals surface area (Å²) in [4.78, 5) is 0. The molecule has 1 aliphatic heterocycles. The fraction of sp³-hybridized carbons (Fsp3) is 0.882. The number of unbranched alkanes of at least 4 members (excludes halogenated alkanes) is 6. The van der Waals surface area contributed by atoms with Gasteiger partial charge >= 0.3 is 0 Å². The highest BCUT2D eigenvalue weighted by atomic mass is 16.6. The summed E-state index contributed by atoms with van der Waals surface area (Å²) in [5, 5.41) is 28.3. The Balaban J connectivity index is 1.97. The van der Waals surface area contributed by atoms with Crippen LogP contribution >= 0.6 is 0 Å². The molecule has 1 saturated heterocycles. The van der Waals surface area contributed by atoms with Crippen molar-refractivity contribution in [2.75, 3.05) is 19.8 Å². The van der Waals surface area contributed by atoms with E-state index >= 15 is 0 Å².